The average molecular weight is 361 g/mol. The van der Waals surface area contributed by atoms with Gasteiger partial charge in [0.15, 0.2) is 0 Å². The first-order chi connectivity index (χ1) is 12.2. The number of likely N-dealkylation sites (tertiary alicyclic amines) is 1. The molecule has 0 bridgehead atoms. The summed E-state index contributed by atoms with van der Waals surface area (Å²) in [6, 6.07) is 6.64. The van der Waals surface area contributed by atoms with E-state index in [1.165, 1.54) is 0 Å². The lowest BCUT2D eigenvalue weighted by Gasteiger charge is -2.24. The smallest absolute Gasteiger partial charge is 0.407 e. The van der Waals surface area contributed by atoms with Gasteiger partial charge < -0.3 is 20.3 Å². The first kappa shape index (κ1) is 19.8. The van der Waals surface area contributed by atoms with Crippen molar-refractivity contribution in [2.75, 3.05) is 13.6 Å². The van der Waals surface area contributed by atoms with Crippen molar-refractivity contribution in [2.45, 2.75) is 51.8 Å². The normalized spacial score (nSPS) is 16.9. The monoisotopic (exact) mass is 361 g/mol. The minimum Gasteiger partial charge on any atom is -0.444 e. The van der Waals surface area contributed by atoms with E-state index in [1.807, 2.05) is 6.07 Å². The van der Waals surface area contributed by atoms with E-state index in [0.717, 1.165) is 6.42 Å². The number of hydrogen-bond donors (Lipinski definition) is 2. The molecule has 1 aliphatic heterocycles. The van der Waals surface area contributed by atoms with E-state index < -0.39 is 17.7 Å². The van der Waals surface area contributed by atoms with Crippen LogP contribution in [0.1, 0.15) is 49.5 Å². The Bertz CT molecular complexity index is 682. The largest absolute Gasteiger partial charge is 0.444 e. The van der Waals surface area contributed by atoms with Crippen molar-refractivity contribution in [1.29, 1.82) is 0 Å². The molecule has 26 heavy (non-hydrogen) atoms. The van der Waals surface area contributed by atoms with Crippen LogP contribution >= 0.6 is 0 Å². The van der Waals surface area contributed by atoms with Crippen LogP contribution < -0.4 is 10.6 Å². The minimum atomic E-state index is -0.588. The lowest BCUT2D eigenvalue weighted by atomic mass is 10.1. The second-order valence-electron chi connectivity index (χ2n) is 7.28. The Morgan fingerprint density at radius 2 is 1.92 bits per heavy atom. The van der Waals surface area contributed by atoms with E-state index in [-0.39, 0.29) is 18.4 Å². The Morgan fingerprint density at radius 3 is 2.58 bits per heavy atom. The van der Waals surface area contributed by atoms with Crippen molar-refractivity contribution in [3.8, 4) is 0 Å². The van der Waals surface area contributed by atoms with Gasteiger partial charge in [0.05, 0.1) is 0 Å². The van der Waals surface area contributed by atoms with Crippen LogP contribution in [0.3, 0.4) is 0 Å². The predicted molar refractivity (Wildman–Crippen MR) is 97.6 cm³/mol. The predicted octanol–water partition coefficient (Wildman–Crippen LogP) is 2.06. The molecule has 1 aromatic carbocycles. The second kappa shape index (κ2) is 8.21. The Morgan fingerprint density at radius 1 is 1.23 bits per heavy atom. The topological polar surface area (TPSA) is 87.7 Å². The van der Waals surface area contributed by atoms with Gasteiger partial charge in [0, 0.05) is 25.7 Å². The van der Waals surface area contributed by atoms with Crippen molar-refractivity contribution in [2.24, 2.45) is 0 Å². The molecule has 2 N–H and O–H groups in total. The highest BCUT2D eigenvalue weighted by Gasteiger charge is 2.34. The molecule has 1 saturated heterocycles. The van der Waals surface area contributed by atoms with Gasteiger partial charge in [-0.1, -0.05) is 18.2 Å². The molecule has 2 rings (SSSR count). The molecular weight excluding hydrogens is 334 g/mol. The molecule has 0 unspecified atom stereocenters. The average Bonchev–Trinajstić information content (AvgIpc) is 3.07. The van der Waals surface area contributed by atoms with Gasteiger partial charge in [-0.3, -0.25) is 9.59 Å². The summed E-state index contributed by atoms with van der Waals surface area (Å²) in [4.78, 5) is 38.5. The van der Waals surface area contributed by atoms with Gasteiger partial charge in [0.1, 0.15) is 11.6 Å². The zero-order valence-corrected chi connectivity index (χ0v) is 15.8. The van der Waals surface area contributed by atoms with E-state index in [2.05, 4.69) is 10.6 Å². The van der Waals surface area contributed by atoms with E-state index in [1.54, 1.807) is 50.9 Å². The molecule has 1 aromatic rings. The van der Waals surface area contributed by atoms with E-state index in [0.29, 0.717) is 24.1 Å². The van der Waals surface area contributed by atoms with Gasteiger partial charge >= 0.3 is 6.09 Å². The molecule has 7 heteroatoms. The number of likely N-dealkylation sites (N-methyl/N-ethyl adjacent to an activating group) is 1. The fourth-order valence-corrected chi connectivity index (χ4v) is 2.97. The van der Waals surface area contributed by atoms with Gasteiger partial charge in [0.25, 0.3) is 5.91 Å². The highest BCUT2D eigenvalue weighted by atomic mass is 16.6. The van der Waals surface area contributed by atoms with Crippen molar-refractivity contribution in [3.05, 3.63) is 35.4 Å². The van der Waals surface area contributed by atoms with Crippen LogP contribution in [0.5, 0.6) is 0 Å². The summed E-state index contributed by atoms with van der Waals surface area (Å²) in [5, 5.41) is 5.29. The number of ether oxygens (including phenoxy) is 1. The number of carbonyl (C=O) groups is 3. The second-order valence-corrected chi connectivity index (χ2v) is 7.28. The van der Waals surface area contributed by atoms with Gasteiger partial charge in [-0.2, -0.15) is 0 Å². The fraction of sp³-hybridized carbons (Fsp3) is 0.526. The van der Waals surface area contributed by atoms with Gasteiger partial charge in [-0.15, -0.1) is 0 Å². The Balaban J connectivity index is 2.12. The summed E-state index contributed by atoms with van der Waals surface area (Å²) >= 11 is 0. The Hall–Kier alpha value is -2.57. The van der Waals surface area contributed by atoms with Crippen molar-refractivity contribution >= 4 is 17.9 Å². The summed E-state index contributed by atoms with van der Waals surface area (Å²) in [5.74, 6) is -0.349. The Labute approximate surface area is 154 Å². The number of nitrogens with zero attached hydrogens (tertiary/aromatic N) is 1. The first-order valence-corrected chi connectivity index (χ1v) is 8.80. The number of benzene rings is 1. The summed E-state index contributed by atoms with van der Waals surface area (Å²) in [6.07, 6.45) is 0.912. The molecule has 0 aromatic heterocycles. The van der Waals surface area contributed by atoms with Crippen LogP contribution in [-0.2, 0) is 16.1 Å². The lowest BCUT2D eigenvalue weighted by molar-refractivity contribution is -0.124. The first-order valence-electron chi connectivity index (χ1n) is 8.80. The summed E-state index contributed by atoms with van der Waals surface area (Å²) in [5.41, 5.74) is 0.584. The summed E-state index contributed by atoms with van der Waals surface area (Å²) in [6.45, 7) is 6.09. The number of carbonyl (C=O) groups excluding carboxylic acids is 3. The maximum atomic E-state index is 13.0. The molecule has 0 spiro atoms. The number of rotatable bonds is 4. The molecule has 1 heterocycles. The number of alkyl carbamates (subject to hydrolysis) is 1. The number of amides is 3. The third kappa shape index (κ3) is 4.97. The SMILES string of the molecule is CNC(=O)[C@@H]1CCCN1C(=O)c1ccccc1CNC(=O)OC(C)(C)C. The third-order valence-electron chi connectivity index (χ3n) is 4.13. The quantitative estimate of drug-likeness (QED) is 0.859. The number of hydrogen-bond acceptors (Lipinski definition) is 4. The maximum Gasteiger partial charge on any atom is 0.407 e. The fourth-order valence-electron chi connectivity index (χ4n) is 2.97. The maximum absolute atomic E-state index is 13.0. The zero-order chi connectivity index (χ0) is 19.3. The zero-order valence-electron chi connectivity index (χ0n) is 15.8. The summed E-state index contributed by atoms with van der Waals surface area (Å²) in [7, 11) is 1.57. The molecule has 3 amide bonds. The highest BCUT2D eigenvalue weighted by molar-refractivity contribution is 5.99. The van der Waals surface area contributed by atoms with E-state index in [9.17, 15) is 14.4 Å². The van der Waals surface area contributed by atoms with Gasteiger partial charge in [-0.25, -0.2) is 4.79 Å². The molecule has 0 saturated carbocycles. The van der Waals surface area contributed by atoms with Crippen molar-refractivity contribution < 1.29 is 19.1 Å². The van der Waals surface area contributed by atoms with Crippen LogP contribution in [0.2, 0.25) is 0 Å². The summed E-state index contributed by atoms with van der Waals surface area (Å²) < 4.78 is 5.22. The number of nitrogens with one attached hydrogen (secondary N) is 2. The molecule has 1 aliphatic rings. The molecule has 142 valence electrons. The van der Waals surface area contributed by atoms with Crippen LogP contribution in [0.25, 0.3) is 0 Å². The lowest BCUT2D eigenvalue weighted by Crippen LogP contribution is -2.45. The molecule has 0 radical (unpaired) electrons. The van der Waals surface area contributed by atoms with Crippen LogP contribution in [-0.4, -0.2) is 48.0 Å². The molecular formula is C19H27N3O4. The molecule has 0 aliphatic carbocycles. The van der Waals surface area contributed by atoms with Gasteiger partial charge in [-0.05, 0) is 45.2 Å². The molecule has 1 atom stereocenters. The minimum absolute atomic E-state index is 0.153. The van der Waals surface area contributed by atoms with Crippen molar-refractivity contribution in [1.82, 2.24) is 15.5 Å². The van der Waals surface area contributed by atoms with E-state index >= 15 is 0 Å². The standard InChI is InChI=1S/C19H27N3O4/c1-19(2,3)26-18(25)21-12-13-8-5-6-9-14(13)17(24)22-11-7-10-15(22)16(23)20-4/h5-6,8-9,15H,7,10-12H2,1-4H3,(H,20,23)(H,21,25)/t15-/m0/s1. The highest BCUT2D eigenvalue weighted by Crippen LogP contribution is 2.22. The van der Waals surface area contributed by atoms with Crippen LogP contribution in [0.15, 0.2) is 24.3 Å². The molecule has 7 nitrogen and oxygen atoms in total. The van der Waals surface area contributed by atoms with Crippen LogP contribution in [0, 0.1) is 0 Å². The Kier molecular flexibility index (Phi) is 6.23. The van der Waals surface area contributed by atoms with Gasteiger partial charge in [0.2, 0.25) is 5.91 Å². The van der Waals surface area contributed by atoms with E-state index in [4.69, 9.17) is 4.74 Å². The van der Waals surface area contributed by atoms with Crippen LogP contribution in [0.4, 0.5) is 4.79 Å². The molecule has 1 fully saturated rings. The third-order valence-corrected chi connectivity index (χ3v) is 4.13. The van der Waals surface area contributed by atoms with Crippen molar-refractivity contribution in [3.63, 3.8) is 0 Å².